The van der Waals surface area contributed by atoms with Crippen LogP contribution in [0.2, 0.25) is 0 Å². The Morgan fingerprint density at radius 1 is 1.47 bits per heavy atom. The molecule has 3 nitrogen and oxygen atoms in total. The monoisotopic (exact) mass is 232 g/mol. The van der Waals surface area contributed by atoms with Crippen LogP contribution in [0.1, 0.15) is 31.2 Å². The molecule has 0 aromatic heterocycles. The molecule has 0 radical (unpaired) electrons. The van der Waals surface area contributed by atoms with Crippen LogP contribution in [0.15, 0.2) is 24.3 Å². The van der Waals surface area contributed by atoms with Crippen molar-refractivity contribution in [1.29, 1.82) is 0 Å². The lowest BCUT2D eigenvalue weighted by Crippen LogP contribution is -2.40. The van der Waals surface area contributed by atoms with E-state index in [0.717, 1.165) is 24.1 Å². The molecule has 1 aliphatic carbocycles. The van der Waals surface area contributed by atoms with Gasteiger partial charge in [0.05, 0.1) is 0 Å². The lowest BCUT2D eigenvalue weighted by molar-refractivity contribution is -0.119. The van der Waals surface area contributed by atoms with Gasteiger partial charge in [0.2, 0.25) is 5.91 Å². The Hall–Kier alpha value is -1.35. The third kappa shape index (κ3) is 2.86. The van der Waals surface area contributed by atoms with Crippen molar-refractivity contribution >= 4 is 11.6 Å². The summed E-state index contributed by atoms with van der Waals surface area (Å²) in [4.78, 5) is 11.9. The number of carbonyl (C=O) groups is 1. The highest BCUT2D eigenvalue weighted by Crippen LogP contribution is 2.43. The van der Waals surface area contributed by atoms with Crippen molar-refractivity contribution in [3.05, 3.63) is 29.8 Å². The van der Waals surface area contributed by atoms with Crippen LogP contribution in [0.5, 0.6) is 0 Å². The average molecular weight is 232 g/mol. The van der Waals surface area contributed by atoms with E-state index in [1.54, 1.807) is 0 Å². The summed E-state index contributed by atoms with van der Waals surface area (Å²) < 4.78 is 0. The lowest BCUT2D eigenvalue weighted by atomic mass is 9.66. The fourth-order valence-electron chi connectivity index (χ4n) is 2.40. The maximum Gasteiger partial charge on any atom is 0.224 e. The number of benzene rings is 1. The zero-order valence-electron chi connectivity index (χ0n) is 10.3. The molecule has 0 atom stereocenters. The van der Waals surface area contributed by atoms with Crippen molar-refractivity contribution in [2.75, 3.05) is 11.9 Å². The van der Waals surface area contributed by atoms with Gasteiger partial charge in [0.15, 0.2) is 0 Å². The SMILES string of the molecule is Cc1cccc(NC(=O)CC2(CN)CCC2)c1. The van der Waals surface area contributed by atoms with Crippen molar-refractivity contribution in [3.8, 4) is 0 Å². The minimum atomic E-state index is 0.0773. The fraction of sp³-hybridized carbons (Fsp3) is 0.500. The number of carbonyl (C=O) groups excluding carboxylic acids is 1. The summed E-state index contributed by atoms with van der Waals surface area (Å²) in [7, 11) is 0. The molecule has 0 heterocycles. The van der Waals surface area contributed by atoms with Gasteiger partial charge in [-0.1, -0.05) is 18.6 Å². The maximum atomic E-state index is 11.9. The minimum absolute atomic E-state index is 0.0773. The summed E-state index contributed by atoms with van der Waals surface area (Å²) in [6.07, 6.45) is 3.93. The van der Waals surface area contributed by atoms with E-state index in [1.165, 1.54) is 6.42 Å². The van der Waals surface area contributed by atoms with Gasteiger partial charge in [-0.05, 0) is 49.4 Å². The first-order valence-corrected chi connectivity index (χ1v) is 6.20. The molecule has 1 fully saturated rings. The van der Waals surface area contributed by atoms with Crippen LogP contribution in [0.3, 0.4) is 0 Å². The van der Waals surface area contributed by atoms with Crippen molar-refractivity contribution in [1.82, 2.24) is 0 Å². The first kappa shape index (κ1) is 12.1. The van der Waals surface area contributed by atoms with E-state index >= 15 is 0 Å². The van der Waals surface area contributed by atoms with E-state index in [1.807, 2.05) is 31.2 Å². The third-order valence-electron chi connectivity index (χ3n) is 3.68. The molecule has 1 aromatic carbocycles. The quantitative estimate of drug-likeness (QED) is 0.837. The van der Waals surface area contributed by atoms with Gasteiger partial charge in [-0.3, -0.25) is 4.79 Å². The predicted octanol–water partition coefficient (Wildman–Crippen LogP) is 2.45. The molecule has 0 saturated heterocycles. The second kappa shape index (κ2) is 4.88. The highest BCUT2D eigenvalue weighted by atomic mass is 16.1. The second-order valence-electron chi connectivity index (χ2n) is 5.15. The van der Waals surface area contributed by atoms with E-state index in [4.69, 9.17) is 5.73 Å². The molecule has 0 bridgehead atoms. The summed E-state index contributed by atoms with van der Waals surface area (Å²) in [5.41, 5.74) is 7.86. The van der Waals surface area contributed by atoms with Crippen molar-refractivity contribution in [2.24, 2.45) is 11.1 Å². The summed E-state index contributed by atoms with van der Waals surface area (Å²) in [5.74, 6) is 0.0840. The first-order valence-electron chi connectivity index (χ1n) is 6.20. The Labute approximate surface area is 102 Å². The Morgan fingerprint density at radius 2 is 2.24 bits per heavy atom. The van der Waals surface area contributed by atoms with Gasteiger partial charge in [0.1, 0.15) is 0 Å². The van der Waals surface area contributed by atoms with Gasteiger partial charge < -0.3 is 11.1 Å². The van der Waals surface area contributed by atoms with Crippen LogP contribution in [0.4, 0.5) is 5.69 Å². The van der Waals surface area contributed by atoms with Gasteiger partial charge in [-0.2, -0.15) is 0 Å². The molecular formula is C14H20N2O. The summed E-state index contributed by atoms with van der Waals surface area (Å²) in [5, 5.41) is 2.95. The molecule has 3 heteroatoms. The molecule has 0 aliphatic heterocycles. The number of anilines is 1. The van der Waals surface area contributed by atoms with E-state index in [2.05, 4.69) is 5.32 Å². The molecule has 1 aliphatic rings. The van der Waals surface area contributed by atoms with Crippen LogP contribution < -0.4 is 11.1 Å². The Morgan fingerprint density at radius 3 is 2.76 bits per heavy atom. The number of hydrogen-bond acceptors (Lipinski definition) is 2. The average Bonchev–Trinajstić information content (AvgIpc) is 2.23. The number of aryl methyl sites for hydroxylation is 1. The number of rotatable bonds is 4. The van der Waals surface area contributed by atoms with E-state index < -0.39 is 0 Å². The van der Waals surface area contributed by atoms with E-state index in [0.29, 0.717) is 13.0 Å². The standard InChI is InChI=1S/C14H20N2O/c1-11-4-2-5-12(8-11)16-13(17)9-14(10-15)6-3-7-14/h2,4-5,8H,3,6-7,9-10,15H2,1H3,(H,16,17). The zero-order chi connectivity index (χ0) is 12.3. The number of amides is 1. The Bertz CT molecular complexity index is 405. The van der Waals surface area contributed by atoms with Crippen molar-refractivity contribution in [3.63, 3.8) is 0 Å². The van der Waals surface area contributed by atoms with Gasteiger partial charge >= 0.3 is 0 Å². The Balaban J connectivity index is 1.93. The molecule has 17 heavy (non-hydrogen) atoms. The molecule has 1 saturated carbocycles. The predicted molar refractivity (Wildman–Crippen MR) is 69.8 cm³/mol. The molecule has 1 amide bonds. The molecule has 0 unspecified atom stereocenters. The van der Waals surface area contributed by atoms with Crippen LogP contribution in [-0.4, -0.2) is 12.5 Å². The van der Waals surface area contributed by atoms with Crippen LogP contribution in [-0.2, 0) is 4.79 Å². The number of nitrogens with one attached hydrogen (secondary N) is 1. The van der Waals surface area contributed by atoms with Crippen molar-refractivity contribution in [2.45, 2.75) is 32.6 Å². The fourth-order valence-corrected chi connectivity index (χ4v) is 2.40. The second-order valence-corrected chi connectivity index (χ2v) is 5.15. The summed E-state index contributed by atoms with van der Waals surface area (Å²) in [6.45, 7) is 2.64. The molecule has 1 aromatic rings. The van der Waals surface area contributed by atoms with Gasteiger partial charge in [-0.25, -0.2) is 0 Å². The molecule has 2 rings (SSSR count). The molecule has 92 valence electrons. The third-order valence-corrected chi connectivity index (χ3v) is 3.68. The topological polar surface area (TPSA) is 55.1 Å². The number of hydrogen-bond donors (Lipinski definition) is 2. The molecule has 3 N–H and O–H groups in total. The van der Waals surface area contributed by atoms with Crippen LogP contribution in [0.25, 0.3) is 0 Å². The lowest BCUT2D eigenvalue weighted by Gasteiger charge is -2.40. The van der Waals surface area contributed by atoms with Gasteiger partial charge in [-0.15, -0.1) is 0 Å². The normalized spacial score (nSPS) is 17.3. The molecular weight excluding hydrogens is 212 g/mol. The highest BCUT2D eigenvalue weighted by Gasteiger charge is 2.37. The smallest absolute Gasteiger partial charge is 0.224 e. The van der Waals surface area contributed by atoms with Gasteiger partial charge in [0, 0.05) is 12.1 Å². The summed E-state index contributed by atoms with van der Waals surface area (Å²) in [6, 6.07) is 7.87. The van der Waals surface area contributed by atoms with Crippen molar-refractivity contribution < 1.29 is 4.79 Å². The van der Waals surface area contributed by atoms with Gasteiger partial charge in [0.25, 0.3) is 0 Å². The first-order chi connectivity index (χ1) is 8.13. The number of nitrogens with two attached hydrogens (primary N) is 1. The Kier molecular flexibility index (Phi) is 3.48. The van der Waals surface area contributed by atoms with Crippen LogP contribution >= 0.6 is 0 Å². The van der Waals surface area contributed by atoms with E-state index in [9.17, 15) is 4.79 Å². The molecule has 0 spiro atoms. The largest absolute Gasteiger partial charge is 0.330 e. The summed E-state index contributed by atoms with van der Waals surface area (Å²) >= 11 is 0. The van der Waals surface area contributed by atoms with E-state index in [-0.39, 0.29) is 11.3 Å². The minimum Gasteiger partial charge on any atom is -0.330 e. The van der Waals surface area contributed by atoms with Crippen LogP contribution in [0, 0.1) is 12.3 Å². The zero-order valence-corrected chi connectivity index (χ0v) is 10.3. The highest BCUT2D eigenvalue weighted by molar-refractivity contribution is 5.91. The maximum absolute atomic E-state index is 11.9.